The number of aromatic nitrogens is 2. The molecule has 0 aliphatic carbocycles. The molecule has 23 heavy (non-hydrogen) atoms. The van der Waals surface area contributed by atoms with Gasteiger partial charge < -0.3 is 19.9 Å². The molecule has 1 atom stereocenters. The van der Waals surface area contributed by atoms with Gasteiger partial charge in [0.15, 0.2) is 5.96 Å². The molecule has 0 saturated carbocycles. The van der Waals surface area contributed by atoms with Crippen molar-refractivity contribution in [1.82, 2.24) is 20.2 Å². The van der Waals surface area contributed by atoms with E-state index >= 15 is 0 Å². The molecule has 2 rings (SSSR count). The van der Waals surface area contributed by atoms with Crippen LogP contribution in [-0.2, 0) is 17.8 Å². The second kappa shape index (κ2) is 8.95. The van der Waals surface area contributed by atoms with Gasteiger partial charge in [0.1, 0.15) is 0 Å². The van der Waals surface area contributed by atoms with Crippen molar-refractivity contribution in [3.05, 3.63) is 54.1 Å². The lowest BCUT2D eigenvalue weighted by Crippen LogP contribution is -2.43. The Balaban J connectivity index is 1.89. The molecule has 0 saturated heterocycles. The van der Waals surface area contributed by atoms with E-state index in [1.807, 2.05) is 12.5 Å². The van der Waals surface area contributed by atoms with Gasteiger partial charge in [-0.25, -0.2) is 4.98 Å². The quantitative estimate of drug-likeness (QED) is 0.602. The third kappa shape index (κ3) is 5.75. The first kappa shape index (κ1) is 17.0. The number of aliphatic imine (C=N–C) groups is 1. The van der Waals surface area contributed by atoms with E-state index in [4.69, 9.17) is 4.74 Å². The van der Waals surface area contributed by atoms with Gasteiger partial charge in [-0.05, 0) is 18.1 Å². The summed E-state index contributed by atoms with van der Waals surface area (Å²) in [4.78, 5) is 8.31. The Morgan fingerprint density at radius 1 is 1.39 bits per heavy atom. The van der Waals surface area contributed by atoms with Crippen molar-refractivity contribution < 1.29 is 4.74 Å². The summed E-state index contributed by atoms with van der Waals surface area (Å²) >= 11 is 0. The Bertz CT molecular complexity index is 609. The molecule has 0 aliphatic heterocycles. The molecule has 124 valence electrons. The molecule has 2 aromatic rings. The zero-order valence-electron chi connectivity index (χ0n) is 14.0. The Morgan fingerprint density at radius 3 is 2.91 bits per heavy atom. The van der Waals surface area contributed by atoms with Gasteiger partial charge >= 0.3 is 0 Å². The van der Waals surface area contributed by atoms with Crippen molar-refractivity contribution >= 4 is 5.96 Å². The summed E-state index contributed by atoms with van der Waals surface area (Å²) in [5.41, 5.74) is 2.46. The van der Waals surface area contributed by atoms with Gasteiger partial charge in [0.25, 0.3) is 0 Å². The van der Waals surface area contributed by atoms with Crippen LogP contribution in [0.1, 0.15) is 18.1 Å². The average molecular weight is 315 g/mol. The number of nitrogens with zero attached hydrogens (tertiary/aromatic N) is 3. The number of ether oxygens (including phenoxy) is 1. The normalized spacial score (nSPS) is 12.9. The number of rotatable bonds is 7. The summed E-state index contributed by atoms with van der Waals surface area (Å²) < 4.78 is 7.18. The molecule has 1 aromatic carbocycles. The van der Waals surface area contributed by atoms with E-state index in [2.05, 4.69) is 56.4 Å². The van der Waals surface area contributed by atoms with Gasteiger partial charge in [-0.3, -0.25) is 4.99 Å². The number of methoxy groups -OCH3 is 1. The van der Waals surface area contributed by atoms with E-state index in [-0.39, 0.29) is 6.04 Å². The molecule has 6 heteroatoms. The molecule has 1 aromatic heterocycles. The minimum Gasteiger partial charge on any atom is -0.383 e. The largest absolute Gasteiger partial charge is 0.383 e. The fourth-order valence-electron chi connectivity index (χ4n) is 2.33. The monoisotopic (exact) mass is 315 g/mol. The van der Waals surface area contributed by atoms with E-state index < -0.39 is 0 Å². The number of nitrogens with one attached hydrogen (secondary N) is 2. The van der Waals surface area contributed by atoms with Crippen molar-refractivity contribution in [2.45, 2.75) is 26.1 Å². The Morgan fingerprint density at radius 2 is 2.22 bits per heavy atom. The molecule has 0 aliphatic rings. The lowest BCUT2D eigenvalue weighted by molar-refractivity contribution is 0.179. The molecule has 0 fully saturated rings. The maximum absolute atomic E-state index is 5.12. The lowest BCUT2D eigenvalue weighted by Gasteiger charge is -2.17. The minimum absolute atomic E-state index is 0.207. The predicted octanol–water partition coefficient (Wildman–Crippen LogP) is 1.63. The van der Waals surface area contributed by atoms with Gasteiger partial charge in [-0.1, -0.05) is 24.3 Å². The fraction of sp³-hybridized carbons (Fsp3) is 0.412. The molecule has 0 spiro atoms. The van der Waals surface area contributed by atoms with Crippen LogP contribution in [0.5, 0.6) is 0 Å². The zero-order chi connectivity index (χ0) is 16.5. The van der Waals surface area contributed by atoms with E-state index in [1.165, 1.54) is 11.1 Å². The highest BCUT2D eigenvalue weighted by molar-refractivity contribution is 5.79. The molecule has 0 radical (unpaired) electrons. The summed E-state index contributed by atoms with van der Waals surface area (Å²) in [6, 6.07) is 8.71. The van der Waals surface area contributed by atoms with Crippen molar-refractivity contribution in [3.63, 3.8) is 0 Å². The molecular weight excluding hydrogens is 290 g/mol. The summed E-state index contributed by atoms with van der Waals surface area (Å²) in [6.45, 7) is 4.24. The SMILES string of the molecule is CN=C(NCc1cccc(Cn2ccnc2)c1)NC(C)COC. The van der Waals surface area contributed by atoms with Crippen LogP contribution in [0.2, 0.25) is 0 Å². The average Bonchev–Trinajstić information content (AvgIpc) is 3.05. The Hall–Kier alpha value is -2.34. The van der Waals surface area contributed by atoms with Crippen molar-refractivity contribution in [2.24, 2.45) is 4.99 Å². The van der Waals surface area contributed by atoms with Crippen LogP contribution in [0.15, 0.2) is 48.0 Å². The smallest absolute Gasteiger partial charge is 0.191 e. The van der Waals surface area contributed by atoms with Crippen molar-refractivity contribution in [1.29, 1.82) is 0 Å². The highest BCUT2D eigenvalue weighted by Crippen LogP contribution is 2.07. The van der Waals surface area contributed by atoms with Crippen LogP contribution in [0, 0.1) is 0 Å². The third-order valence-electron chi connectivity index (χ3n) is 3.40. The number of imidazole rings is 1. The molecule has 2 N–H and O–H groups in total. The van der Waals surface area contributed by atoms with Crippen molar-refractivity contribution in [2.75, 3.05) is 20.8 Å². The van der Waals surface area contributed by atoms with Gasteiger partial charge in [-0.2, -0.15) is 0 Å². The second-order valence-corrected chi connectivity index (χ2v) is 5.48. The first-order valence-electron chi connectivity index (χ1n) is 7.71. The first-order valence-corrected chi connectivity index (χ1v) is 7.71. The van der Waals surface area contributed by atoms with E-state index in [0.717, 1.165) is 19.0 Å². The fourth-order valence-corrected chi connectivity index (χ4v) is 2.33. The molecule has 1 heterocycles. The van der Waals surface area contributed by atoms with Crippen LogP contribution in [0.4, 0.5) is 0 Å². The number of hydrogen-bond acceptors (Lipinski definition) is 3. The molecule has 1 unspecified atom stereocenters. The zero-order valence-corrected chi connectivity index (χ0v) is 14.0. The highest BCUT2D eigenvalue weighted by atomic mass is 16.5. The Labute approximate surface area is 137 Å². The molecular formula is C17H25N5O. The van der Waals surface area contributed by atoms with Crippen LogP contribution in [0.25, 0.3) is 0 Å². The standard InChI is InChI=1S/C17H25N5O/c1-14(12-23-3)21-17(18-2)20-10-15-5-4-6-16(9-15)11-22-8-7-19-13-22/h4-9,13-14H,10-12H2,1-3H3,(H2,18,20,21). The van der Waals surface area contributed by atoms with Crippen LogP contribution in [-0.4, -0.2) is 42.3 Å². The summed E-state index contributed by atoms with van der Waals surface area (Å²) in [7, 11) is 3.46. The van der Waals surface area contributed by atoms with Crippen LogP contribution < -0.4 is 10.6 Å². The highest BCUT2D eigenvalue weighted by Gasteiger charge is 2.05. The Kier molecular flexibility index (Phi) is 6.62. The lowest BCUT2D eigenvalue weighted by atomic mass is 10.1. The van der Waals surface area contributed by atoms with Crippen molar-refractivity contribution in [3.8, 4) is 0 Å². The minimum atomic E-state index is 0.207. The number of benzene rings is 1. The van der Waals surface area contributed by atoms with Crippen LogP contribution >= 0.6 is 0 Å². The summed E-state index contributed by atoms with van der Waals surface area (Å²) in [5, 5.41) is 6.62. The van der Waals surface area contributed by atoms with Gasteiger partial charge in [0.05, 0.1) is 12.9 Å². The molecule has 0 amide bonds. The molecule has 6 nitrogen and oxygen atoms in total. The maximum Gasteiger partial charge on any atom is 0.191 e. The second-order valence-electron chi connectivity index (χ2n) is 5.48. The van der Waals surface area contributed by atoms with Crippen LogP contribution in [0.3, 0.4) is 0 Å². The van der Waals surface area contributed by atoms with E-state index in [1.54, 1.807) is 20.4 Å². The first-order chi connectivity index (χ1) is 11.2. The predicted molar refractivity (Wildman–Crippen MR) is 92.4 cm³/mol. The molecule has 0 bridgehead atoms. The van der Waals surface area contributed by atoms with E-state index in [0.29, 0.717) is 6.61 Å². The topological polar surface area (TPSA) is 63.5 Å². The third-order valence-corrected chi connectivity index (χ3v) is 3.40. The number of guanidine groups is 1. The number of hydrogen-bond donors (Lipinski definition) is 2. The summed E-state index contributed by atoms with van der Waals surface area (Å²) in [6.07, 6.45) is 5.59. The maximum atomic E-state index is 5.12. The van der Waals surface area contributed by atoms with Gasteiger partial charge in [-0.15, -0.1) is 0 Å². The van der Waals surface area contributed by atoms with E-state index in [9.17, 15) is 0 Å². The van der Waals surface area contributed by atoms with Gasteiger partial charge in [0, 0.05) is 45.7 Å². The summed E-state index contributed by atoms with van der Waals surface area (Å²) in [5.74, 6) is 0.773. The van der Waals surface area contributed by atoms with Gasteiger partial charge in [0.2, 0.25) is 0 Å².